The maximum atomic E-state index is 5.61. The number of hydrogen-bond acceptors (Lipinski definition) is 2. The molecule has 1 fully saturated rings. The predicted molar refractivity (Wildman–Crippen MR) is 58.7 cm³/mol. The highest BCUT2D eigenvalue weighted by Gasteiger charge is 2.15. The van der Waals surface area contributed by atoms with Crippen LogP contribution in [-0.2, 0) is 4.74 Å². The van der Waals surface area contributed by atoms with Crippen LogP contribution in [0.4, 0.5) is 0 Å². The zero-order valence-corrected chi connectivity index (χ0v) is 9.20. The molecule has 0 unspecified atom stereocenters. The fraction of sp³-hybridized carbons (Fsp3) is 0.545. The summed E-state index contributed by atoms with van der Waals surface area (Å²) >= 11 is 5.48. The lowest BCUT2D eigenvalue weighted by atomic mass is 10.2. The van der Waals surface area contributed by atoms with Gasteiger partial charge in [-0.15, -0.1) is 11.6 Å². The van der Waals surface area contributed by atoms with Crippen molar-refractivity contribution in [3.05, 3.63) is 18.0 Å². The van der Waals surface area contributed by atoms with Gasteiger partial charge < -0.3 is 4.74 Å². The van der Waals surface area contributed by atoms with Gasteiger partial charge in [0.25, 0.3) is 0 Å². The Kier molecular flexibility index (Phi) is 3.65. The molecule has 0 N–H and O–H groups in total. The molecule has 1 aromatic rings. The van der Waals surface area contributed by atoms with Gasteiger partial charge in [0.15, 0.2) is 0 Å². The summed E-state index contributed by atoms with van der Waals surface area (Å²) in [5.41, 5.74) is 0.893. The molecule has 1 aliphatic heterocycles. The van der Waals surface area contributed by atoms with Gasteiger partial charge in [0.1, 0.15) is 6.23 Å². The lowest BCUT2D eigenvalue weighted by Crippen LogP contribution is -2.18. The van der Waals surface area contributed by atoms with E-state index in [0.717, 1.165) is 25.0 Å². The minimum atomic E-state index is 0.0882. The molecule has 0 saturated carbocycles. The summed E-state index contributed by atoms with van der Waals surface area (Å²) in [6.45, 7) is 0.827. The molecule has 0 bridgehead atoms. The first kappa shape index (κ1) is 10.5. The Bertz CT molecular complexity index is 371. The Morgan fingerprint density at radius 2 is 2.53 bits per heavy atom. The van der Waals surface area contributed by atoms with Crippen LogP contribution in [0.1, 0.15) is 31.1 Å². The van der Waals surface area contributed by atoms with E-state index in [4.69, 9.17) is 16.3 Å². The van der Waals surface area contributed by atoms with Crippen LogP contribution in [0.2, 0.25) is 0 Å². The number of hydrogen-bond donors (Lipinski definition) is 0. The highest BCUT2D eigenvalue weighted by molar-refractivity contribution is 6.19. The molecule has 0 spiro atoms. The van der Waals surface area contributed by atoms with Gasteiger partial charge in [0.2, 0.25) is 0 Å². The molecule has 3 nitrogen and oxygen atoms in total. The fourth-order valence-corrected chi connectivity index (χ4v) is 1.69. The van der Waals surface area contributed by atoms with Gasteiger partial charge in [-0.1, -0.05) is 11.8 Å². The van der Waals surface area contributed by atoms with Crippen molar-refractivity contribution in [2.24, 2.45) is 0 Å². The molecule has 1 aliphatic rings. The zero-order chi connectivity index (χ0) is 10.5. The topological polar surface area (TPSA) is 27.1 Å². The first-order valence-electron chi connectivity index (χ1n) is 5.11. The standard InChI is InChI=1S/C11H13ClN2O/c12-6-3-4-10-8-13-14(9-10)11-5-1-2-7-15-11/h8-9,11H,1-2,5-7H2/t11-/m0/s1. The van der Waals surface area contributed by atoms with E-state index in [1.54, 1.807) is 6.20 Å². The third-order valence-electron chi connectivity index (χ3n) is 2.35. The van der Waals surface area contributed by atoms with E-state index >= 15 is 0 Å². The summed E-state index contributed by atoms with van der Waals surface area (Å²) in [4.78, 5) is 0. The van der Waals surface area contributed by atoms with Crippen LogP contribution in [-0.4, -0.2) is 22.3 Å². The summed E-state index contributed by atoms with van der Waals surface area (Å²) in [6.07, 6.45) is 7.13. The van der Waals surface area contributed by atoms with Gasteiger partial charge >= 0.3 is 0 Å². The van der Waals surface area contributed by atoms with Crippen molar-refractivity contribution in [2.45, 2.75) is 25.5 Å². The minimum absolute atomic E-state index is 0.0882. The van der Waals surface area contributed by atoms with Crippen LogP contribution >= 0.6 is 11.6 Å². The number of ether oxygens (including phenoxy) is 1. The van der Waals surface area contributed by atoms with Crippen molar-refractivity contribution in [1.29, 1.82) is 0 Å². The molecule has 0 radical (unpaired) electrons. The van der Waals surface area contributed by atoms with Gasteiger partial charge in [-0.25, -0.2) is 4.68 Å². The maximum absolute atomic E-state index is 5.61. The molecule has 2 rings (SSSR count). The molecule has 2 heterocycles. The number of alkyl halides is 1. The highest BCUT2D eigenvalue weighted by atomic mass is 35.5. The number of aromatic nitrogens is 2. The summed E-state index contributed by atoms with van der Waals surface area (Å²) < 4.78 is 7.45. The molecule has 1 saturated heterocycles. The Hall–Kier alpha value is -0.980. The van der Waals surface area contributed by atoms with Crippen LogP contribution in [0.3, 0.4) is 0 Å². The molecule has 4 heteroatoms. The molecular weight excluding hydrogens is 212 g/mol. The number of rotatable bonds is 1. The van der Waals surface area contributed by atoms with Crippen LogP contribution in [0.25, 0.3) is 0 Å². The van der Waals surface area contributed by atoms with E-state index in [2.05, 4.69) is 16.9 Å². The Labute approximate surface area is 94.4 Å². The van der Waals surface area contributed by atoms with Crippen molar-refractivity contribution in [2.75, 3.05) is 12.5 Å². The van der Waals surface area contributed by atoms with Crippen molar-refractivity contribution in [1.82, 2.24) is 9.78 Å². The van der Waals surface area contributed by atoms with Crippen LogP contribution < -0.4 is 0 Å². The van der Waals surface area contributed by atoms with Crippen LogP contribution in [0.5, 0.6) is 0 Å². The van der Waals surface area contributed by atoms with Crippen LogP contribution in [0, 0.1) is 11.8 Å². The van der Waals surface area contributed by atoms with Crippen molar-refractivity contribution in [3.8, 4) is 11.8 Å². The van der Waals surface area contributed by atoms with E-state index in [9.17, 15) is 0 Å². The van der Waals surface area contributed by atoms with E-state index in [1.165, 1.54) is 6.42 Å². The lowest BCUT2D eigenvalue weighted by molar-refractivity contribution is -0.0395. The summed E-state index contributed by atoms with van der Waals surface area (Å²) in [5.74, 6) is 6.09. The van der Waals surface area contributed by atoms with Gasteiger partial charge in [0, 0.05) is 12.8 Å². The molecule has 1 atom stereocenters. The van der Waals surface area contributed by atoms with Crippen molar-refractivity contribution < 1.29 is 4.74 Å². The normalized spacial score (nSPS) is 20.7. The molecule has 0 aromatic carbocycles. The SMILES string of the molecule is ClCC#Cc1cnn([C@@H]2CCCCO2)c1. The minimum Gasteiger partial charge on any atom is -0.357 e. The predicted octanol–water partition coefficient (Wildman–Crippen LogP) is 2.17. The molecule has 0 aliphatic carbocycles. The number of halogens is 1. The second kappa shape index (κ2) is 5.20. The highest BCUT2D eigenvalue weighted by Crippen LogP contribution is 2.21. The first-order valence-corrected chi connectivity index (χ1v) is 5.64. The Morgan fingerprint density at radius 1 is 1.60 bits per heavy atom. The summed E-state index contributed by atoms with van der Waals surface area (Å²) in [5, 5.41) is 4.24. The van der Waals surface area contributed by atoms with E-state index < -0.39 is 0 Å². The van der Waals surface area contributed by atoms with Crippen molar-refractivity contribution >= 4 is 11.6 Å². The molecule has 80 valence electrons. The molecular formula is C11H13ClN2O. The monoisotopic (exact) mass is 224 g/mol. The van der Waals surface area contributed by atoms with Crippen LogP contribution in [0.15, 0.2) is 12.4 Å². The van der Waals surface area contributed by atoms with Gasteiger partial charge in [-0.05, 0) is 19.3 Å². The van der Waals surface area contributed by atoms with E-state index in [-0.39, 0.29) is 6.23 Å². The second-order valence-corrected chi connectivity index (χ2v) is 3.73. The molecule has 1 aromatic heterocycles. The summed E-state index contributed by atoms with van der Waals surface area (Å²) in [7, 11) is 0. The Balaban J connectivity index is 2.05. The van der Waals surface area contributed by atoms with Gasteiger partial charge in [0.05, 0.1) is 17.6 Å². The molecule has 0 amide bonds. The van der Waals surface area contributed by atoms with E-state index in [0.29, 0.717) is 5.88 Å². The fourth-order valence-electron chi connectivity index (χ4n) is 1.63. The van der Waals surface area contributed by atoms with E-state index in [1.807, 2.05) is 10.9 Å². The maximum Gasteiger partial charge on any atom is 0.150 e. The first-order chi connectivity index (χ1) is 7.40. The second-order valence-electron chi connectivity index (χ2n) is 3.47. The third-order valence-corrected chi connectivity index (χ3v) is 2.49. The molecule has 15 heavy (non-hydrogen) atoms. The quantitative estimate of drug-likeness (QED) is 0.540. The third kappa shape index (κ3) is 2.74. The van der Waals surface area contributed by atoms with Gasteiger partial charge in [-0.3, -0.25) is 0 Å². The average Bonchev–Trinajstić information content (AvgIpc) is 2.76. The smallest absolute Gasteiger partial charge is 0.150 e. The number of nitrogens with zero attached hydrogens (tertiary/aromatic N) is 2. The largest absolute Gasteiger partial charge is 0.357 e. The van der Waals surface area contributed by atoms with Crippen molar-refractivity contribution in [3.63, 3.8) is 0 Å². The lowest BCUT2D eigenvalue weighted by Gasteiger charge is -2.22. The van der Waals surface area contributed by atoms with Gasteiger partial charge in [-0.2, -0.15) is 5.10 Å². The zero-order valence-electron chi connectivity index (χ0n) is 8.45. The average molecular weight is 225 g/mol. The summed E-state index contributed by atoms with van der Waals surface area (Å²) in [6, 6.07) is 0. The Morgan fingerprint density at radius 3 is 3.27 bits per heavy atom.